The van der Waals surface area contributed by atoms with Gasteiger partial charge in [0.2, 0.25) is 0 Å². The topological polar surface area (TPSA) is 267 Å². The van der Waals surface area contributed by atoms with Gasteiger partial charge in [-0.05, 0) is 106 Å². The number of urea groups is 2. The Labute approximate surface area is 349 Å². The van der Waals surface area contributed by atoms with Crippen LogP contribution < -0.4 is 11.0 Å². The largest absolute Gasteiger partial charge is 0.444 e. The number of nitrogens with zero attached hydrogens (tertiary/aromatic N) is 6. The van der Waals surface area contributed by atoms with Gasteiger partial charge in [-0.25, -0.2) is 35.2 Å². The van der Waals surface area contributed by atoms with Crippen molar-refractivity contribution >= 4 is 46.5 Å². The van der Waals surface area contributed by atoms with Crippen molar-refractivity contribution < 1.29 is 70.4 Å². The van der Waals surface area contributed by atoms with Crippen molar-refractivity contribution in [2.24, 2.45) is 0 Å². The fraction of sp³-hybridized carbons (Fsp3) is 0.833. The molecule has 6 atom stereocenters. The van der Waals surface area contributed by atoms with E-state index in [4.69, 9.17) is 23.7 Å². The van der Waals surface area contributed by atoms with Crippen LogP contribution >= 0.6 is 0 Å². The molecular weight excluding hydrogens is 817 g/mol. The third kappa shape index (κ3) is 12.2. The average molecular weight is 877 g/mol. The van der Waals surface area contributed by atoms with Gasteiger partial charge in [0.25, 0.3) is 11.8 Å². The van der Waals surface area contributed by atoms with Gasteiger partial charge in [-0.3, -0.25) is 29.0 Å². The zero-order chi connectivity index (χ0) is 44.2. The highest BCUT2D eigenvalue weighted by atomic mass is 32.3. The maximum atomic E-state index is 12.6. The summed E-state index contributed by atoms with van der Waals surface area (Å²) in [6, 6.07) is -4.18. The van der Waals surface area contributed by atoms with Crippen LogP contribution in [0.1, 0.15) is 106 Å². The lowest BCUT2D eigenvalue weighted by Crippen LogP contribution is -2.52. The van der Waals surface area contributed by atoms with Gasteiger partial charge in [-0.15, -0.1) is 4.28 Å². The van der Waals surface area contributed by atoms with Crippen molar-refractivity contribution in [1.29, 1.82) is 0 Å². The molecule has 6 aliphatic heterocycles. The Morgan fingerprint density at radius 2 is 1.10 bits per heavy atom. The summed E-state index contributed by atoms with van der Waals surface area (Å²) in [4.78, 5) is 90.9. The van der Waals surface area contributed by atoms with Gasteiger partial charge in [0.15, 0.2) is 0 Å². The van der Waals surface area contributed by atoms with E-state index in [2.05, 4.69) is 15.2 Å². The molecule has 0 aliphatic carbocycles. The van der Waals surface area contributed by atoms with Gasteiger partial charge >= 0.3 is 34.6 Å². The van der Waals surface area contributed by atoms with Crippen molar-refractivity contribution in [1.82, 2.24) is 40.7 Å². The lowest BCUT2D eigenvalue weighted by molar-refractivity contribution is -0.141. The molecule has 0 aromatic heterocycles. The number of carbonyl (C=O) groups is 6. The van der Waals surface area contributed by atoms with Crippen molar-refractivity contribution in [3.05, 3.63) is 0 Å². The van der Waals surface area contributed by atoms with E-state index in [0.717, 1.165) is 32.1 Å². The van der Waals surface area contributed by atoms with Crippen molar-refractivity contribution in [2.75, 3.05) is 39.4 Å². The maximum Gasteiger partial charge on any atom is 0.418 e. The number of nitrogens with one attached hydrogen (secondary N) is 2. The first-order valence-corrected chi connectivity index (χ1v) is 21.8. The van der Waals surface area contributed by atoms with Gasteiger partial charge in [-0.2, -0.15) is 13.5 Å². The fourth-order valence-electron chi connectivity index (χ4n) is 8.05. The first-order valence-electron chi connectivity index (χ1n) is 20.4. The van der Waals surface area contributed by atoms with E-state index >= 15 is 0 Å². The zero-order valence-electron chi connectivity index (χ0n) is 35.1. The Morgan fingerprint density at radius 3 is 1.55 bits per heavy atom. The van der Waals surface area contributed by atoms with E-state index in [1.807, 2.05) is 20.8 Å². The minimum atomic E-state index is -4.86. The number of fused-ring (bicyclic) bond motifs is 4. The summed E-state index contributed by atoms with van der Waals surface area (Å²) in [5.41, 5.74) is 3.55. The number of piperidine rings is 4. The predicted molar refractivity (Wildman–Crippen MR) is 205 cm³/mol. The monoisotopic (exact) mass is 876 g/mol. The SMILES string of the molecule is CC(C)(C)OC(=O)N1CCCC[C@H]1CONC(=O)[C@@H]1CC[C@@H]2CN1C(=O)N2O.CC(C)(C)OC(=O)N1CCCC[C@H]1CONC(=O)[C@@H]1CC[C@@H]2CN1C(=O)N2OS(=O)(=O)O. The molecule has 0 radical (unpaired) electrons. The quantitative estimate of drug-likeness (QED) is 0.139. The van der Waals surface area contributed by atoms with Crippen LogP contribution in [0.3, 0.4) is 0 Å². The Bertz CT molecular complexity index is 1710. The minimum Gasteiger partial charge on any atom is -0.444 e. The molecule has 60 heavy (non-hydrogen) atoms. The lowest BCUT2D eigenvalue weighted by Gasteiger charge is -2.36. The second kappa shape index (κ2) is 19.2. The second-order valence-corrected chi connectivity index (χ2v) is 18.7. The second-order valence-electron chi connectivity index (χ2n) is 17.7. The average Bonchev–Trinajstić information content (AvgIpc) is 3.52. The highest BCUT2D eigenvalue weighted by Crippen LogP contribution is 2.31. The number of hydrogen-bond donors (Lipinski definition) is 4. The fourth-order valence-corrected chi connectivity index (χ4v) is 8.44. The zero-order valence-corrected chi connectivity index (χ0v) is 35.9. The van der Waals surface area contributed by atoms with Gasteiger partial charge in [0.1, 0.15) is 23.3 Å². The summed E-state index contributed by atoms with van der Waals surface area (Å²) < 4.78 is 46.0. The first-order chi connectivity index (χ1) is 28.0. The standard InChI is InChI=1S/C18H30N4O9S.C18H30N4O6/c1-18(2,3)30-17(25)20-9-5-4-6-13(20)11-29-19-15(23)14-8-7-12-10-21(14)16(24)22(12)31-32(26,27)28;1-18(2,3)28-17(25)20-9-5-4-6-13(20)11-27-19-15(23)14-8-7-12-10-21(14)16(24)22(12)26/h12-14H,4-11H2,1-3H3,(H,19,23)(H,26,27,28);12-14,26H,4-11H2,1-3H3,(H,19,23)/t2*12-,13+,14+/m11/s1. The van der Waals surface area contributed by atoms with E-state index < -0.39 is 69.7 Å². The van der Waals surface area contributed by atoms with E-state index in [0.29, 0.717) is 55.4 Å². The molecule has 24 heteroatoms. The minimum absolute atomic E-state index is 0.0618. The van der Waals surface area contributed by atoms with Crippen molar-refractivity contribution in [3.63, 3.8) is 0 Å². The third-order valence-corrected chi connectivity index (χ3v) is 11.2. The number of amides is 8. The summed E-state index contributed by atoms with van der Waals surface area (Å²) in [5.74, 6) is -0.980. The van der Waals surface area contributed by atoms with Crippen LogP contribution in [0.2, 0.25) is 0 Å². The summed E-state index contributed by atoms with van der Waals surface area (Å²) in [7, 11) is -4.86. The molecule has 0 saturated carbocycles. The summed E-state index contributed by atoms with van der Waals surface area (Å²) in [6.45, 7) is 12.6. The number of rotatable bonds is 10. The van der Waals surface area contributed by atoms with E-state index in [9.17, 15) is 42.4 Å². The van der Waals surface area contributed by atoms with Crippen LogP contribution in [0.15, 0.2) is 0 Å². The highest BCUT2D eigenvalue weighted by molar-refractivity contribution is 7.80. The number of carbonyl (C=O) groups excluding carboxylic acids is 6. The molecule has 8 amide bonds. The van der Waals surface area contributed by atoms with Crippen LogP contribution in [0.4, 0.5) is 19.2 Å². The van der Waals surface area contributed by atoms with Gasteiger partial charge in [0.05, 0.1) is 37.4 Å². The van der Waals surface area contributed by atoms with Crippen LogP contribution in [0, 0.1) is 0 Å². The van der Waals surface area contributed by atoms with Crippen LogP contribution in [-0.4, -0.2) is 171 Å². The first kappa shape index (κ1) is 46.8. The van der Waals surface area contributed by atoms with E-state index in [-0.39, 0.29) is 50.4 Å². The summed E-state index contributed by atoms with van der Waals surface area (Å²) in [5, 5.41) is 11.0. The Balaban J connectivity index is 0.000000230. The molecule has 0 aromatic rings. The molecule has 4 bridgehead atoms. The molecule has 6 saturated heterocycles. The number of ether oxygens (including phenoxy) is 2. The maximum absolute atomic E-state index is 12.6. The van der Waals surface area contributed by atoms with Gasteiger partial charge in [0, 0.05) is 26.2 Å². The molecule has 6 heterocycles. The Kier molecular flexibility index (Phi) is 15.0. The molecule has 0 aromatic carbocycles. The smallest absolute Gasteiger partial charge is 0.418 e. The summed E-state index contributed by atoms with van der Waals surface area (Å²) >= 11 is 0. The van der Waals surface area contributed by atoms with E-state index in [1.54, 1.807) is 30.6 Å². The highest BCUT2D eigenvalue weighted by Gasteiger charge is 2.50. The summed E-state index contributed by atoms with van der Waals surface area (Å²) in [6.07, 6.45) is 5.91. The molecule has 6 rings (SSSR count). The molecule has 23 nitrogen and oxygen atoms in total. The molecule has 0 unspecified atom stereocenters. The molecular formula is C36H60N8O15S. The van der Waals surface area contributed by atoms with E-state index in [1.165, 1.54) is 9.80 Å². The van der Waals surface area contributed by atoms with Crippen LogP contribution in [-0.2, 0) is 43.4 Å². The molecule has 6 aliphatic rings. The number of hydroxylamine groups is 6. The number of likely N-dealkylation sites (tertiary alicyclic amines) is 2. The van der Waals surface area contributed by atoms with Crippen LogP contribution in [0.5, 0.6) is 0 Å². The van der Waals surface area contributed by atoms with Crippen LogP contribution in [0.25, 0.3) is 0 Å². The third-order valence-electron chi connectivity index (χ3n) is 10.9. The number of hydrogen-bond acceptors (Lipinski definition) is 14. The lowest BCUT2D eigenvalue weighted by atomic mass is 10.0. The normalized spacial score (nSPS) is 27.0. The molecule has 4 N–H and O–H groups in total. The molecule has 0 spiro atoms. The molecule has 340 valence electrons. The Hall–Kier alpha value is -4.23. The predicted octanol–water partition coefficient (Wildman–Crippen LogP) is 2.31. The van der Waals surface area contributed by atoms with Gasteiger partial charge < -0.3 is 29.1 Å². The van der Waals surface area contributed by atoms with Crippen molar-refractivity contribution in [3.8, 4) is 0 Å². The molecule has 6 fully saturated rings. The van der Waals surface area contributed by atoms with Gasteiger partial charge in [-0.1, -0.05) is 0 Å². The van der Waals surface area contributed by atoms with Crippen molar-refractivity contribution in [2.45, 2.75) is 153 Å². The Morgan fingerprint density at radius 1 is 0.667 bits per heavy atom.